The molecule has 1 rings (SSSR count). The molecule has 0 saturated carbocycles. The highest BCUT2D eigenvalue weighted by Gasteiger charge is 2.27. The van der Waals surface area contributed by atoms with Crippen molar-refractivity contribution < 1.29 is 22.4 Å². The number of hydrogen-bond acceptors (Lipinski definition) is 1. The van der Waals surface area contributed by atoms with Crippen molar-refractivity contribution in [1.82, 2.24) is 4.90 Å². The number of aryl methyl sites for hydroxylation is 1. The molecule has 0 heterocycles. The number of amides is 1. The largest absolute Gasteiger partial charge is 0.390 e. The van der Waals surface area contributed by atoms with E-state index in [1.165, 1.54) is 19.2 Å². The predicted octanol–water partition coefficient (Wildman–Crippen LogP) is 3.17. The van der Waals surface area contributed by atoms with E-state index in [1.807, 2.05) is 0 Å². The van der Waals surface area contributed by atoms with Gasteiger partial charge in [-0.25, -0.2) is 4.39 Å². The zero-order chi connectivity index (χ0) is 14.5. The Morgan fingerprint density at radius 1 is 1.21 bits per heavy atom. The maximum atomic E-state index is 12.6. The summed E-state index contributed by atoms with van der Waals surface area (Å²) in [6.45, 7) is -0.342. The Morgan fingerprint density at radius 3 is 2.32 bits per heavy atom. The van der Waals surface area contributed by atoms with Crippen molar-refractivity contribution >= 4 is 5.91 Å². The second kappa shape index (κ2) is 6.54. The number of nitrogens with zero attached hydrogens (tertiary/aromatic N) is 1. The van der Waals surface area contributed by atoms with Gasteiger partial charge in [0.2, 0.25) is 5.91 Å². The van der Waals surface area contributed by atoms with Gasteiger partial charge in [0.1, 0.15) is 5.82 Å². The third kappa shape index (κ3) is 6.22. The third-order valence-electron chi connectivity index (χ3n) is 2.70. The molecule has 1 amide bonds. The molecule has 2 nitrogen and oxygen atoms in total. The van der Waals surface area contributed by atoms with Crippen molar-refractivity contribution in [3.8, 4) is 0 Å². The Morgan fingerprint density at radius 2 is 1.79 bits per heavy atom. The lowest BCUT2D eigenvalue weighted by Crippen LogP contribution is -2.30. The van der Waals surface area contributed by atoms with E-state index in [4.69, 9.17) is 0 Å². The molecule has 0 radical (unpaired) electrons. The molecular formula is C13H15F4NO. The van der Waals surface area contributed by atoms with E-state index in [1.54, 1.807) is 12.1 Å². The minimum absolute atomic E-state index is 0.111. The normalized spacial score (nSPS) is 11.4. The molecule has 0 spiro atoms. The van der Waals surface area contributed by atoms with Gasteiger partial charge in [-0.1, -0.05) is 12.1 Å². The van der Waals surface area contributed by atoms with Crippen LogP contribution >= 0.6 is 0 Å². The topological polar surface area (TPSA) is 20.3 Å². The first kappa shape index (κ1) is 15.5. The lowest BCUT2D eigenvalue weighted by molar-refractivity contribution is -0.144. The van der Waals surface area contributed by atoms with Crippen LogP contribution < -0.4 is 0 Å². The Balaban J connectivity index is 2.36. The van der Waals surface area contributed by atoms with Crippen LogP contribution in [0.2, 0.25) is 0 Å². The van der Waals surface area contributed by atoms with Crippen LogP contribution in [0.5, 0.6) is 0 Å². The zero-order valence-corrected chi connectivity index (χ0v) is 10.5. The fourth-order valence-electron chi connectivity index (χ4n) is 1.51. The maximum Gasteiger partial charge on any atom is 0.390 e. The fraction of sp³-hybridized carbons (Fsp3) is 0.462. The second-order valence-electron chi connectivity index (χ2n) is 4.31. The highest BCUT2D eigenvalue weighted by Crippen LogP contribution is 2.19. The van der Waals surface area contributed by atoms with Crippen LogP contribution in [0.3, 0.4) is 0 Å². The minimum Gasteiger partial charge on any atom is -0.345 e. The predicted molar refractivity (Wildman–Crippen MR) is 63.0 cm³/mol. The van der Waals surface area contributed by atoms with Crippen LogP contribution in [0.25, 0.3) is 0 Å². The van der Waals surface area contributed by atoms with Gasteiger partial charge >= 0.3 is 6.18 Å². The summed E-state index contributed by atoms with van der Waals surface area (Å²) in [4.78, 5) is 12.7. The smallest absolute Gasteiger partial charge is 0.345 e. The van der Waals surface area contributed by atoms with Gasteiger partial charge in [-0.15, -0.1) is 0 Å². The van der Waals surface area contributed by atoms with E-state index in [2.05, 4.69) is 0 Å². The van der Waals surface area contributed by atoms with Crippen molar-refractivity contribution in [3.05, 3.63) is 35.6 Å². The van der Waals surface area contributed by atoms with Crippen molar-refractivity contribution in [1.29, 1.82) is 0 Å². The fourth-order valence-corrected chi connectivity index (χ4v) is 1.51. The molecule has 0 aliphatic rings. The molecule has 0 fully saturated rings. The monoisotopic (exact) mass is 277 g/mol. The summed E-state index contributed by atoms with van der Waals surface area (Å²) in [5.41, 5.74) is 0.777. The number of halogens is 4. The lowest BCUT2D eigenvalue weighted by Gasteiger charge is -2.18. The molecule has 0 bridgehead atoms. The number of alkyl halides is 3. The summed E-state index contributed by atoms with van der Waals surface area (Å²) >= 11 is 0. The highest BCUT2D eigenvalue weighted by molar-refractivity contribution is 5.76. The summed E-state index contributed by atoms with van der Waals surface area (Å²) in [6.07, 6.45) is -4.77. The van der Waals surface area contributed by atoms with Crippen molar-refractivity contribution in [2.45, 2.75) is 25.4 Å². The summed E-state index contributed by atoms with van der Waals surface area (Å²) in [5.74, 6) is -0.717. The third-order valence-corrected chi connectivity index (χ3v) is 2.70. The first-order valence-electron chi connectivity index (χ1n) is 5.83. The first-order chi connectivity index (χ1) is 8.78. The van der Waals surface area contributed by atoms with E-state index in [-0.39, 0.29) is 24.7 Å². The van der Waals surface area contributed by atoms with E-state index >= 15 is 0 Å². The van der Waals surface area contributed by atoms with Crippen LogP contribution in [-0.4, -0.2) is 30.6 Å². The Bertz CT molecular complexity index is 414. The van der Waals surface area contributed by atoms with Crippen LogP contribution in [0.1, 0.15) is 18.4 Å². The molecule has 106 valence electrons. The molecule has 0 aliphatic heterocycles. The molecule has 0 atom stereocenters. The van der Waals surface area contributed by atoms with Crippen LogP contribution in [-0.2, 0) is 11.2 Å². The number of carbonyl (C=O) groups excluding carboxylic acids is 1. The molecule has 6 heteroatoms. The minimum atomic E-state index is -4.26. The van der Waals surface area contributed by atoms with Crippen molar-refractivity contribution in [2.75, 3.05) is 13.6 Å². The Kier molecular flexibility index (Phi) is 5.32. The Labute approximate surface area is 109 Å². The Hall–Kier alpha value is -1.59. The first-order valence-corrected chi connectivity index (χ1v) is 5.83. The van der Waals surface area contributed by atoms with Crippen molar-refractivity contribution in [2.24, 2.45) is 0 Å². The van der Waals surface area contributed by atoms with Crippen LogP contribution in [0.4, 0.5) is 17.6 Å². The number of hydrogen-bond donors (Lipinski definition) is 0. The lowest BCUT2D eigenvalue weighted by atomic mass is 10.1. The summed E-state index contributed by atoms with van der Waals surface area (Å²) in [5, 5.41) is 0. The zero-order valence-electron chi connectivity index (χ0n) is 10.5. The molecule has 0 unspecified atom stereocenters. The number of rotatable bonds is 5. The summed E-state index contributed by atoms with van der Waals surface area (Å²) in [7, 11) is 1.35. The summed E-state index contributed by atoms with van der Waals surface area (Å²) < 4.78 is 48.6. The average Bonchev–Trinajstić information content (AvgIpc) is 2.34. The van der Waals surface area contributed by atoms with Crippen LogP contribution in [0.15, 0.2) is 24.3 Å². The van der Waals surface area contributed by atoms with Gasteiger partial charge in [0.25, 0.3) is 0 Å². The van der Waals surface area contributed by atoms with Gasteiger partial charge < -0.3 is 4.90 Å². The van der Waals surface area contributed by atoms with Gasteiger partial charge in [-0.2, -0.15) is 13.2 Å². The number of benzene rings is 1. The van der Waals surface area contributed by atoms with E-state index < -0.39 is 12.6 Å². The standard InChI is InChI=1S/C13H15F4NO/c1-18(9-8-13(15,16)17)12(19)7-4-10-2-5-11(14)6-3-10/h2-3,5-6H,4,7-9H2,1H3. The average molecular weight is 277 g/mol. The molecule has 0 saturated heterocycles. The van der Waals surface area contributed by atoms with Gasteiger partial charge in [0.15, 0.2) is 0 Å². The molecule has 0 aliphatic carbocycles. The van der Waals surface area contributed by atoms with Gasteiger partial charge in [-0.05, 0) is 24.1 Å². The van der Waals surface area contributed by atoms with E-state index in [0.717, 1.165) is 10.5 Å². The molecule has 0 aromatic heterocycles. The quantitative estimate of drug-likeness (QED) is 0.757. The highest BCUT2D eigenvalue weighted by atomic mass is 19.4. The number of carbonyl (C=O) groups is 1. The van der Waals surface area contributed by atoms with Gasteiger partial charge in [0, 0.05) is 20.0 Å². The second-order valence-corrected chi connectivity index (χ2v) is 4.31. The summed E-state index contributed by atoms with van der Waals surface area (Å²) in [6, 6.07) is 5.68. The molecule has 1 aromatic carbocycles. The maximum absolute atomic E-state index is 12.6. The van der Waals surface area contributed by atoms with Crippen molar-refractivity contribution in [3.63, 3.8) is 0 Å². The van der Waals surface area contributed by atoms with Gasteiger partial charge in [0.05, 0.1) is 6.42 Å². The van der Waals surface area contributed by atoms with E-state index in [0.29, 0.717) is 6.42 Å². The SMILES string of the molecule is CN(CCC(F)(F)F)C(=O)CCc1ccc(F)cc1. The van der Waals surface area contributed by atoms with Gasteiger partial charge in [-0.3, -0.25) is 4.79 Å². The molecule has 1 aromatic rings. The molecule has 19 heavy (non-hydrogen) atoms. The molecule has 0 N–H and O–H groups in total. The molecular weight excluding hydrogens is 262 g/mol. The van der Waals surface area contributed by atoms with Crippen LogP contribution in [0, 0.1) is 5.82 Å². The van der Waals surface area contributed by atoms with E-state index in [9.17, 15) is 22.4 Å².